The third kappa shape index (κ3) is 2.19. The van der Waals surface area contributed by atoms with E-state index in [2.05, 4.69) is 22.3 Å². The van der Waals surface area contributed by atoms with Crippen molar-refractivity contribution in [3.05, 3.63) is 24.3 Å². The first-order valence-electron chi connectivity index (χ1n) is 7.11. The number of nitrogens with one attached hydrogen (secondary N) is 1. The van der Waals surface area contributed by atoms with Crippen molar-refractivity contribution < 1.29 is 4.74 Å². The highest BCUT2D eigenvalue weighted by molar-refractivity contribution is 5.57. The molecule has 3 heteroatoms. The SMILES string of the molecule is CCOc1ccccc1NC1CCN2CCCC12. The van der Waals surface area contributed by atoms with Gasteiger partial charge in [0.15, 0.2) is 0 Å². The van der Waals surface area contributed by atoms with Crippen LogP contribution in [0, 0.1) is 0 Å². The maximum Gasteiger partial charge on any atom is 0.142 e. The molecule has 0 bridgehead atoms. The van der Waals surface area contributed by atoms with Gasteiger partial charge in [0.1, 0.15) is 5.75 Å². The number of nitrogens with zero attached hydrogens (tertiary/aromatic N) is 1. The minimum atomic E-state index is 0.592. The first kappa shape index (κ1) is 11.8. The minimum Gasteiger partial charge on any atom is -0.492 e. The lowest BCUT2D eigenvalue weighted by atomic mass is 10.1. The Bertz CT molecular complexity index is 407. The number of rotatable bonds is 4. The van der Waals surface area contributed by atoms with Gasteiger partial charge in [-0.15, -0.1) is 0 Å². The molecule has 2 unspecified atom stereocenters. The lowest BCUT2D eigenvalue weighted by Gasteiger charge is -2.23. The van der Waals surface area contributed by atoms with Crippen molar-refractivity contribution in [1.29, 1.82) is 0 Å². The van der Waals surface area contributed by atoms with Gasteiger partial charge in [0.2, 0.25) is 0 Å². The summed E-state index contributed by atoms with van der Waals surface area (Å²) in [6.07, 6.45) is 3.95. The summed E-state index contributed by atoms with van der Waals surface area (Å²) in [4.78, 5) is 2.63. The predicted octanol–water partition coefficient (Wildman–Crippen LogP) is 2.73. The van der Waals surface area contributed by atoms with E-state index in [1.54, 1.807) is 0 Å². The fourth-order valence-corrected chi connectivity index (χ4v) is 3.32. The molecule has 1 N–H and O–H groups in total. The van der Waals surface area contributed by atoms with E-state index < -0.39 is 0 Å². The molecule has 0 saturated carbocycles. The van der Waals surface area contributed by atoms with Crippen molar-refractivity contribution >= 4 is 5.69 Å². The standard InChI is InChI=1S/C15H22N2O/c1-2-18-15-8-4-3-6-13(15)16-12-9-11-17-10-5-7-14(12)17/h3-4,6,8,12,14,16H,2,5,7,9-11H2,1H3. The molecule has 2 fully saturated rings. The maximum atomic E-state index is 5.68. The molecule has 3 nitrogen and oxygen atoms in total. The van der Waals surface area contributed by atoms with Crippen LogP contribution >= 0.6 is 0 Å². The van der Waals surface area contributed by atoms with Gasteiger partial charge in [-0.25, -0.2) is 0 Å². The molecule has 2 heterocycles. The van der Waals surface area contributed by atoms with Gasteiger partial charge in [0, 0.05) is 18.6 Å². The Morgan fingerprint density at radius 2 is 2.17 bits per heavy atom. The quantitative estimate of drug-likeness (QED) is 0.884. The van der Waals surface area contributed by atoms with Crippen molar-refractivity contribution in [1.82, 2.24) is 4.90 Å². The van der Waals surface area contributed by atoms with Crippen LogP contribution < -0.4 is 10.1 Å². The first-order valence-corrected chi connectivity index (χ1v) is 7.11. The van der Waals surface area contributed by atoms with E-state index in [9.17, 15) is 0 Å². The zero-order valence-electron chi connectivity index (χ0n) is 11.1. The van der Waals surface area contributed by atoms with Crippen molar-refractivity contribution in [3.63, 3.8) is 0 Å². The fourth-order valence-electron chi connectivity index (χ4n) is 3.32. The van der Waals surface area contributed by atoms with Crippen LogP contribution in [0.15, 0.2) is 24.3 Å². The van der Waals surface area contributed by atoms with Gasteiger partial charge >= 0.3 is 0 Å². The highest BCUT2D eigenvalue weighted by Gasteiger charge is 2.37. The molecule has 18 heavy (non-hydrogen) atoms. The summed E-state index contributed by atoms with van der Waals surface area (Å²) in [5.41, 5.74) is 1.15. The smallest absolute Gasteiger partial charge is 0.142 e. The van der Waals surface area contributed by atoms with E-state index in [0.717, 1.165) is 24.1 Å². The van der Waals surface area contributed by atoms with E-state index in [0.29, 0.717) is 6.04 Å². The molecule has 0 aliphatic carbocycles. The van der Waals surface area contributed by atoms with E-state index >= 15 is 0 Å². The summed E-state index contributed by atoms with van der Waals surface area (Å²) in [5, 5.41) is 3.70. The largest absolute Gasteiger partial charge is 0.492 e. The summed E-state index contributed by atoms with van der Waals surface area (Å²) in [6, 6.07) is 9.61. The zero-order valence-corrected chi connectivity index (χ0v) is 11.1. The Morgan fingerprint density at radius 3 is 3.06 bits per heavy atom. The van der Waals surface area contributed by atoms with E-state index in [4.69, 9.17) is 4.74 Å². The van der Waals surface area contributed by atoms with Crippen molar-refractivity contribution in [3.8, 4) is 5.75 Å². The number of hydrogen-bond donors (Lipinski definition) is 1. The molecule has 2 saturated heterocycles. The molecule has 1 aromatic rings. The van der Waals surface area contributed by atoms with Gasteiger partial charge in [-0.2, -0.15) is 0 Å². The highest BCUT2D eigenvalue weighted by Crippen LogP contribution is 2.32. The molecule has 2 aliphatic rings. The average molecular weight is 246 g/mol. The second-order valence-corrected chi connectivity index (χ2v) is 5.21. The van der Waals surface area contributed by atoms with E-state index in [1.165, 1.54) is 32.4 Å². The van der Waals surface area contributed by atoms with Crippen molar-refractivity contribution in [2.45, 2.75) is 38.3 Å². The van der Waals surface area contributed by atoms with Gasteiger partial charge < -0.3 is 10.1 Å². The van der Waals surface area contributed by atoms with Gasteiger partial charge in [0.05, 0.1) is 12.3 Å². The van der Waals surface area contributed by atoms with Crippen LogP contribution in [0.4, 0.5) is 5.69 Å². The lowest BCUT2D eigenvalue weighted by molar-refractivity contribution is 0.317. The Balaban J connectivity index is 1.72. The number of anilines is 1. The van der Waals surface area contributed by atoms with Crippen molar-refractivity contribution in [2.75, 3.05) is 25.0 Å². The third-order valence-electron chi connectivity index (χ3n) is 4.13. The summed E-state index contributed by atoms with van der Waals surface area (Å²) >= 11 is 0. The summed E-state index contributed by atoms with van der Waals surface area (Å²) in [5.74, 6) is 0.983. The second kappa shape index (κ2) is 5.19. The molecule has 0 amide bonds. The van der Waals surface area contributed by atoms with Gasteiger partial charge in [-0.05, 0) is 44.9 Å². The summed E-state index contributed by atoms with van der Waals surface area (Å²) in [7, 11) is 0. The monoisotopic (exact) mass is 246 g/mol. The van der Waals surface area contributed by atoms with Gasteiger partial charge in [-0.3, -0.25) is 4.90 Å². The first-order chi connectivity index (χ1) is 8.88. The maximum absolute atomic E-state index is 5.68. The summed E-state index contributed by atoms with van der Waals surface area (Å²) < 4.78 is 5.68. The normalized spacial score (nSPS) is 27.2. The Morgan fingerprint density at radius 1 is 1.28 bits per heavy atom. The van der Waals surface area contributed by atoms with Crippen LogP contribution in [0.2, 0.25) is 0 Å². The average Bonchev–Trinajstić information content (AvgIpc) is 2.97. The van der Waals surface area contributed by atoms with Crippen LogP contribution in [-0.2, 0) is 0 Å². The Labute approximate surface area is 109 Å². The number of fused-ring (bicyclic) bond motifs is 1. The number of hydrogen-bond acceptors (Lipinski definition) is 3. The van der Waals surface area contributed by atoms with Crippen LogP contribution in [0.3, 0.4) is 0 Å². The molecule has 98 valence electrons. The molecule has 2 aliphatic heterocycles. The zero-order chi connectivity index (χ0) is 12.4. The van der Waals surface area contributed by atoms with E-state index in [1.807, 2.05) is 19.1 Å². The highest BCUT2D eigenvalue weighted by atomic mass is 16.5. The molecular formula is C15H22N2O. The molecule has 3 rings (SSSR count). The molecular weight excluding hydrogens is 224 g/mol. The van der Waals surface area contributed by atoms with Crippen LogP contribution in [0.1, 0.15) is 26.2 Å². The van der Waals surface area contributed by atoms with Crippen molar-refractivity contribution in [2.24, 2.45) is 0 Å². The minimum absolute atomic E-state index is 0.592. The summed E-state index contributed by atoms with van der Waals surface area (Å²) in [6.45, 7) is 5.29. The third-order valence-corrected chi connectivity index (χ3v) is 4.13. The van der Waals surface area contributed by atoms with Crippen LogP contribution in [-0.4, -0.2) is 36.7 Å². The second-order valence-electron chi connectivity index (χ2n) is 5.21. The lowest BCUT2D eigenvalue weighted by Crippen LogP contribution is -2.33. The fraction of sp³-hybridized carbons (Fsp3) is 0.600. The number of ether oxygens (including phenoxy) is 1. The molecule has 1 aromatic carbocycles. The number of benzene rings is 1. The molecule has 2 atom stereocenters. The molecule has 0 aromatic heterocycles. The van der Waals surface area contributed by atoms with E-state index in [-0.39, 0.29) is 0 Å². The number of para-hydroxylation sites is 2. The van der Waals surface area contributed by atoms with Gasteiger partial charge in [-0.1, -0.05) is 12.1 Å². The Kier molecular flexibility index (Phi) is 3.41. The van der Waals surface area contributed by atoms with Crippen LogP contribution in [0.25, 0.3) is 0 Å². The molecule has 0 spiro atoms. The molecule has 0 radical (unpaired) electrons. The topological polar surface area (TPSA) is 24.5 Å². The Hall–Kier alpha value is -1.22. The van der Waals surface area contributed by atoms with Crippen LogP contribution in [0.5, 0.6) is 5.75 Å². The predicted molar refractivity (Wildman–Crippen MR) is 74.2 cm³/mol. The van der Waals surface area contributed by atoms with Gasteiger partial charge in [0.25, 0.3) is 0 Å².